The van der Waals surface area contributed by atoms with Crippen LogP contribution in [0.25, 0.3) is 0 Å². The largest absolute Gasteiger partial charge is 0.359 e. The molecule has 0 N–H and O–H groups in total. The Labute approximate surface area is 106 Å². The van der Waals surface area contributed by atoms with Gasteiger partial charge in [0.05, 0.1) is 28.1 Å². The van der Waals surface area contributed by atoms with Crippen molar-refractivity contribution in [2.75, 3.05) is 19.9 Å². The van der Waals surface area contributed by atoms with E-state index >= 15 is 0 Å². The van der Waals surface area contributed by atoms with Gasteiger partial charge in [0.25, 0.3) is 17.3 Å². The highest BCUT2D eigenvalue weighted by molar-refractivity contribution is 5.95. The second kappa shape index (κ2) is 4.98. The van der Waals surface area contributed by atoms with Crippen LogP contribution in [0.4, 0.5) is 11.4 Å². The average Bonchev–Trinajstić information content (AvgIpc) is 2.91. The van der Waals surface area contributed by atoms with Crippen LogP contribution < -0.4 is 0 Å². The molecule has 2 rings (SSSR count). The normalized spacial score (nSPS) is 14.4. The van der Waals surface area contributed by atoms with E-state index in [0.29, 0.717) is 13.2 Å². The molecule has 1 aromatic rings. The molecule has 1 aliphatic rings. The Hall–Kier alpha value is -2.55. The number of hydrogen-bond donors (Lipinski definition) is 0. The number of nitrogens with zero attached hydrogens (tertiary/aromatic N) is 3. The van der Waals surface area contributed by atoms with Crippen molar-refractivity contribution in [3.05, 3.63) is 44.0 Å². The molecule has 100 valence electrons. The van der Waals surface area contributed by atoms with Crippen molar-refractivity contribution < 1.29 is 19.4 Å². The summed E-state index contributed by atoms with van der Waals surface area (Å²) in [5.41, 5.74) is -1.07. The third kappa shape index (κ3) is 2.65. The van der Waals surface area contributed by atoms with Crippen molar-refractivity contribution in [2.45, 2.75) is 0 Å². The van der Waals surface area contributed by atoms with Gasteiger partial charge in [0.15, 0.2) is 0 Å². The zero-order chi connectivity index (χ0) is 14.0. The quantitative estimate of drug-likeness (QED) is 0.594. The molecule has 0 unspecified atom stereocenters. The van der Waals surface area contributed by atoms with E-state index in [-0.39, 0.29) is 12.3 Å². The number of rotatable bonds is 3. The van der Waals surface area contributed by atoms with E-state index in [4.69, 9.17) is 4.74 Å². The van der Waals surface area contributed by atoms with Crippen molar-refractivity contribution in [3.8, 4) is 0 Å². The Bertz CT molecular complexity index is 520. The van der Waals surface area contributed by atoms with Crippen LogP contribution >= 0.6 is 0 Å². The highest BCUT2D eigenvalue weighted by Gasteiger charge is 2.25. The van der Waals surface area contributed by atoms with Gasteiger partial charge in [0.2, 0.25) is 0 Å². The summed E-state index contributed by atoms with van der Waals surface area (Å²) < 4.78 is 4.99. The minimum Gasteiger partial charge on any atom is -0.359 e. The van der Waals surface area contributed by atoms with Gasteiger partial charge in [0.1, 0.15) is 6.73 Å². The minimum absolute atomic E-state index is 0.0787. The molecule has 0 saturated carbocycles. The Balaban J connectivity index is 2.40. The number of nitro benzene ring substituents is 2. The maximum Gasteiger partial charge on any atom is 0.277 e. The molecule has 19 heavy (non-hydrogen) atoms. The molecule has 1 amide bonds. The first-order valence-corrected chi connectivity index (χ1v) is 5.30. The van der Waals surface area contributed by atoms with Crippen LogP contribution in [0.15, 0.2) is 18.2 Å². The van der Waals surface area contributed by atoms with E-state index in [1.165, 1.54) is 4.90 Å². The Morgan fingerprint density at radius 2 is 1.74 bits per heavy atom. The van der Waals surface area contributed by atoms with Crippen molar-refractivity contribution in [3.63, 3.8) is 0 Å². The van der Waals surface area contributed by atoms with Crippen LogP contribution in [0.1, 0.15) is 10.4 Å². The lowest BCUT2D eigenvalue weighted by Gasteiger charge is -2.12. The van der Waals surface area contributed by atoms with Gasteiger partial charge in [-0.05, 0) is 0 Å². The molecule has 9 heteroatoms. The first-order chi connectivity index (χ1) is 8.99. The summed E-state index contributed by atoms with van der Waals surface area (Å²) in [4.78, 5) is 33.2. The molecule has 1 aromatic carbocycles. The summed E-state index contributed by atoms with van der Waals surface area (Å²) in [7, 11) is 0. The van der Waals surface area contributed by atoms with Gasteiger partial charge in [-0.3, -0.25) is 25.0 Å². The lowest BCUT2D eigenvalue weighted by Crippen LogP contribution is -2.28. The molecule has 0 aliphatic carbocycles. The third-order valence-electron chi connectivity index (χ3n) is 2.61. The predicted molar refractivity (Wildman–Crippen MR) is 61.6 cm³/mol. The average molecular weight is 267 g/mol. The summed E-state index contributed by atoms with van der Waals surface area (Å²) in [6.07, 6.45) is 0. The molecule has 0 aromatic heterocycles. The first-order valence-electron chi connectivity index (χ1n) is 5.30. The SMILES string of the molecule is O=C(c1cc([N+](=O)[O-])cc([N+](=O)[O-])c1)N1CCOC1. The van der Waals surface area contributed by atoms with Crippen LogP contribution in [0.3, 0.4) is 0 Å². The van der Waals surface area contributed by atoms with Gasteiger partial charge in [-0.2, -0.15) is 0 Å². The number of carbonyl (C=O) groups is 1. The smallest absolute Gasteiger partial charge is 0.277 e. The highest BCUT2D eigenvalue weighted by Crippen LogP contribution is 2.24. The number of nitro groups is 2. The molecule has 1 fully saturated rings. The number of hydrogen-bond acceptors (Lipinski definition) is 6. The second-order valence-electron chi connectivity index (χ2n) is 3.86. The molecule has 0 spiro atoms. The summed E-state index contributed by atoms with van der Waals surface area (Å²) in [5, 5.41) is 21.4. The van der Waals surface area contributed by atoms with Crippen LogP contribution in [0, 0.1) is 20.2 Å². The lowest BCUT2D eigenvalue weighted by atomic mass is 10.1. The van der Waals surface area contributed by atoms with Crippen molar-refractivity contribution in [1.29, 1.82) is 0 Å². The van der Waals surface area contributed by atoms with Crippen LogP contribution in [-0.2, 0) is 4.74 Å². The standard InChI is InChI=1S/C10H9N3O6/c14-10(11-1-2-19-6-11)7-3-8(12(15)16)5-9(4-7)13(17)18/h3-5H,1-2,6H2. The number of ether oxygens (including phenoxy) is 1. The van der Waals surface area contributed by atoms with Gasteiger partial charge < -0.3 is 9.64 Å². The third-order valence-corrected chi connectivity index (χ3v) is 2.61. The summed E-state index contributed by atoms with van der Waals surface area (Å²) in [6, 6.07) is 2.86. The summed E-state index contributed by atoms with van der Waals surface area (Å²) in [6.45, 7) is 0.813. The summed E-state index contributed by atoms with van der Waals surface area (Å²) >= 11 is 0. The monoisotopic (exact) mass is 267 g/mol. The lowest BCUT2D eigenvalue weighted by molar-refractivity contribution is -0.394. The number of benzene rings is 1. The van der Waals surface area contributed by atoms with Crippen LogP contribution in [0.2, 0.25) is 0 Å². The van der Waals surface area contributed by atoms with Gasteiger partial charge in [-0.1, -0.05) is 0 Å². The summed E-state index contributed by atoms with van der Waals surface area (Å²) in [5.74, 6) is -0.524. The maximum atomic E-state index is 12.0. The van der Waals surface area contributed by atoms with E-state index in [9.17, 15) is 25.0 Å². The molecule has 1 heterocycles. The molecule has 9 nitrogen and oxygen atoms in total. The topological polar surface area (TPSA) is 116 Å². The Kier molecular flexibility index (Phi) is 3.38. The zero-order valence-corrected chi connectivity index (χ0v) is 9.64. The van der Waals surface area contributed by atoms with E-state index in [2.05, 4.69) is 0 Å². The number of carbonyl (C=O) groups excluding carboxylic acids is 1. The highest BCUT2D eigenvalue weighted by atomic mass is 16.6. The fourth-order valence-electron chi connectivity index (χ4n) is 1.69. The minimum atomic E-state index is -0.774. The molecule has 0 radical (unpaired) electrons. The van der Waals surface area contributed by atoms with Crippen molar-refractivity contribution in [1.82, 2.24) is 4.90 Å². The maximum absolute atomic E-state index is 12.0. The van der Waals surface area contributed by atoms with Crippen LogP contribution in [0.5, 0.6) is 0 Å². The van der Waals surface area contributed by atoms with Gasteiger partial charge in [-0.15, -0.1) is 0 Å². The zero-order valence-electron chi connectivity index (χ0n) is 9.64. The van der Waals surface area contributed by atoms with E-state index in [1.807, 2.05) is 0 Å². The van der Waals surface area contributed by atoms with Crippen molar-refractivity contribution >= 4 is 17.3 Å². The Morgan fingerprint density at radius 3 is 2.16 bits per heavy atom. The number of non-ortho nitro benzene ring substituents is 2. The fourth-order valence-corrected chi connectivity index (χ4v) is 1.69. The van der Waals surface area contributed by atoms with E-state index in [1.54, 1.807) is 0 Å². The fraction of sp³-hybridized carbons (Fsp3) is 0.300. The van der Waals surface area contributed by atoms with E-state index in [0.717, 1.165) is 18.2 Å². The molecule has 1 aliphatic heterocycles. The molecular weight excluding hydrogens is 258 g/mol. The molecule has 0 bridgehead atoms. The first kappa shape index (κ1) is 12.9. The molecular formula is C10H9N3O6. The molecule has 1 saturated heterocycles. The molecule has 0 atom stereocenters. The van der Waals surface area contributed by atoms with E-state index < -0.39 is 27.1 Å². The van der Waals surface area contributed by atoms with Crippen LogP contribution in [-0.4, -0.2) is 40.5 Å². The number of amides is 1. The van der Waals surface area contributed by atoms with Gasteiger partial charge in [-0.25, -0.2) is 0 Å². The second-order valence-corrected chi connectivity index (χ2v) is 3.86. The Morgan fingerprint density at radius 1 is 1.16 bits per heavy atom. The van der Waals surface area contributed by atoms with Crippen molar-refractivity contribution in [2.24, 2.45) is 0 Å². The predicted octanol–water partition coefficient (Wildman–Crippen LogP) is 0.933. The van der Waals surface area contributed by atoms with Gasteiger partial charge >= 0.3 is 0 Å². The van der Waals surface area contributed by atoms with Gasteiger partial charge in [0, 0.05) is 18.7 Å².